The molecule has 18 heavy (non-hydrogen) atoms. The molecule has 0 aliphatic heterocycles. The summed E-state index contributed by atoms with van der Waals surface area (Å²) in [5.41, 5.74) is 4.93. The van der Waals surface area contributed by atoms with E-state index in [4.69, 9.17) is 12.2 Å². The number of hydrogen-bond acceptors (Lipinski definition) is 3. The van der Waals surface area contributed by atoms with Gasteiger partial charge in [-0.3, -0.25) is 9.59 Å². The zero-order valence-corrected chi connectivity index (χ0v) is 10.6. The number of primary amides is 1. The fourth-order valence-electron chi connectivity index (χ4n) is 1.38. The zero-order chi connectivity index (χ0) is 14.8. The number of carboxylic acids is 1. The van der Waals surface area contributed by atoms with Crippen LogP contribution < -0.4 is 11.1 Å². The predicted octanol–water partition coefficient (Wildman–Crippen LogP) is 0.792. The molecule has 0 fully saturated rings. The lowest BCUT2D eigenvalue weighted by Crippen LogP contribution is -2.41. The van der Waals surface area contributed by atoms with Gasteiger partial charge in [-0.15, -0.1) is 0 Å². The van der Waals surface area contributed by atoms with Gasteiger partial charge in [-0.25, -0.2) is 4.79 Å². The number of carbonyl (C=O) groups is 3. The summed E-state index contributed by atoms with van der Waals surface area (Å²) in [6.45, 7) is 2.00. The highest BCUT2D eigenvalue weighted by Crippen LogP contribution is 2.04. The highest BCUT2D eigenvalue weighted by atomic mass is 16.4. The van der Waals surface area contributed by atoms with Crippen LogP contribution in [0.4, 0.5) is 0 Å². The first-order valence-corrected chi connectivity index (χ1v) is 6.09. The van der Waals surface area contributed by atoms with Crippen LogP contribution in [0, 0.1) is 0 Å². The molecule has 2 amide bonds. The van der Waals surface area contributed by atoms with Gasteiger partial charge >= 0.3 is 5.97 Å². The van der Waals surface area contributed by atoms with Crippen molar-refractivity contribution in [3.05, 3.63) is 0 Å². The van der Waals surface area contributed by atoms with E-state index in [0.717, 1.165) is 12.8 Å². The van der Waals surface area contributed by atoms with Crippen LogP contribution in [0.3, 0.4) is 0 Å². The highest BCUT2D eigenvalue weighted by Gasteiger charge is 2.19. The van der Waals surface area contributed by atoms with Gasteiger partial charge in [-0.05, 0) is 12.8 Å². The number of carbonyl (C=O) groups excluding carboxylic acids is 2. The lowest BCUT2D eigenvalue weighted by atomic mass is 10.1. The van der Waals surface area contributed by atoms with Crippen molar-refractivity contribution in [3.8, 4) is 0 Å². The largest absolute Gasteiger partial charge is 0.480 e. The van der Waals surface area contributed by atoms with Gasteiger partial charge in [0, 0.05) is 14.2 Å². The SMILES string of the molecule is [2H]C(CCCC)CC(=O)N[C@@H](CCC(N)=O)C(=O)O. The lowest BCUT2D eigenvalue weighted by Gasteiger charge is -2.13. The number of unbranched alkanes of at least 4 members (excludes halogenated alkanes) is 1. The average Bonchev–Trinajstić information content (AvgIpc) is 2.31. The summed E-state index contributed by atoms with van der Waals surface area (Å²) in [4.78, 5) is 33.1. The van der Waals surface area contributed by atoms with E-state index in [1.54, 1.807) is 0 Å². The van der Waals surface area contributed by atoms with Gasteiger partial charge in [0.15, 0.2) is 0 Å². The zero-order valence-electron chi connectivity index (χ0n) is 11.6. The molecule has 104 valence electrons. The monoisotopic (exact) mass is 259 g/mol. The Kier molecular flexibility index (Phi) is 7.59. The van der Waals surface area contributed by atoms with E-state index in [9.17, 15) is 14.4 Å². The summed E-state index contributed by atoms with van der Waals surface area (Å²) >= 11 is 0. The Labute approximate surface area is 108 Å². The van der Waals surface area contributed by atoms with Crippen LogP contribution in [0.1, 0.15) is 53.2 Å². The third kappa shape index (κ3) is 8.55. The predicted molar refractivity (Wildman–Crippen MR) is 66.8 cm³/mol. The van der Waals surface area contributed by atoms with Gasteiger partial charge in [0.05, 0.1) is 0 Å². The van der Waals surface area contributed by atoms with Crippen molar-refractivity contribution in [2.45, 2.75) is 57.9 Å². The third-order valence-corrected chi connectivity index (χ3v) is 2.40. The topological polar surface area (TPSA) is 109 Å². The minimum Gasteiger partial charge on any atom is -0.480 e. The fraction of sp³-hybridized carbons (Fsp3) is 0.750. The maximum absolute atomic E-state index is 11.6. The molecule has 0 aliphatic rings. The van der Waals surface area contributed by atoms with E-state index in [2.05, 4.69) is 5.32 Å². The molecule has 0 aromatic carbocycles. The summed E-state index contributed by atoms with van der Waals surface area (Å²) in [6, 6.07) is -1.13. The molecule has 0 aromatic rings. The molecule has 0 spiro atoms. The van der Waals surface area contributed by atoms with Gasteiger partial charge in [-0.2, -0.15) is 0 Å². The van der Waals surface area contributed by atoms with E-state index in [1.807, 2.05) is 6.92 Å². The average molecular weight is 259 g/mol. The van der Waals surface area contributed by atoms with Crippen molar-refractivity contribution in [2.75, 3.05) is 0 Å². The van der Waals surface area contributed by atoms with Crippen LogP contribution in [0.25, 0.3) is 0 Å². The molecule has 0 aliphatic carbocycles. The number of hydrogen-bond donors (Lipinski definition) is 3. The summed E-state index contributed by atoms with van der Waals surface area (Å²) in [5, 5.41) is 11.2. The normalized spacial score (nSPS) is 14.4. The smallest absolute Gasteiger partial charge is 0.326 e. The Balaban J connectivity index is 4.16. The fourth-order valence-corrected chi connectivity index (χ4v) is 1.38. The van der Waals surface area contributed by atoms with Crippen LogP contribution in [0.2, 0.25) is 0 Å². The number of nitrogens with one attached hydrogen (secondary N) is 1. The van der Waals surface area contributed by atoms with Gasteiger partial charge < -0.3 is 16.2 Å². The van der Waals surface area contributed by atoms with Crippen LogP contribution in [-0.2, 0) is 14.4 Å². The molecule has 6 nitrogen and oxygen atoms in total. The number of amides is 2. The Hall–Kier alpha value is -1.59. The van der Waals surface area contributed by atoms with Crippen LogP contribution in [0.15, 0.2) is 0 Å². The first-order chi connectivity index (χ1) is 8.86. The second-order valence-electron chi connectivity index (χ2n) is 4.10. The molecule has 0 saturated carbocycles. The lowest BCUT2D eigenvalue weighted by molar-refractivity contribution is -0.142. The summed E-state index contributed by atoms with van der Waals surface area (Å²) < 4.78 is 7.65. The maximum Gasteiger partial charge on any atom is 0.326 e. The molecule has 2 atom stereocenters. The number of rotatable bonds is 10. The molecule has 0 saturated heterocycles. The molecule has 0 radical (unpaired) electrons. The van der Waals surface area contributed by atoms with E-state index in [1.165, 1.54) is 0 Å². The molecule has 0 heterocycles. The van der Waals surface area contributed by atoms with Crippen molar-refractivity contribution in [2.24, 2.45) is 5.73 Å². The Morgan fingerprint density at radius 3 is 2.50 bits per heavy atom. The highest BCUT2D eigenvalue weighted by molar-refractivity contribution is 5.84. The van der Waals surface area contributed by atoms with Gasteiger partial charge in [0.25, 0.3) is 0 Å². The van der Waals surface area contributed by atoms with Crippen molar-refractivity contribution < 1.29 is 20.9 Å². The van der Waals surface area contributed by atoms with Gasteiger partial charge in [0.2, 0.25) is 11.8 Å². The van der Waals surface area contributed by atoms with Crippen LogP contribution >= 0.6 is 0 Å². The molecular formula is C12H22N2O4. The van der Waals surface area contributed by atoms with Crippen molar-refractivity contribution in [1.82, 2.24) is 5.32 Å². The van der Waals surface area contributed by atoms with E-state index < -0.39 is 30.2 Å². The van der Waals surface area contributed by atoms with E-state index >= 15 is 0 Å². The molecule has 6 heteroatoms. The van der Waals surface area contributed by atoms with Crippen molar-refractivity contribution >= 4 is 17.8 Å². The van der Waals surface area contributed by atoms with Crippen LogP contribution in [0.5, 0.6) is 0 Å². The minimum atomic E-state index is -1.20. The quantitative estimate of drug-likeness (QED) is 0.538. The van der Waals surface area contributed by atoms with Gasteiger partial charge in [0.1, 0.15) is 6.04 Å². The minimum absolute atomic E-state index is 0.0274. The van der Waals surface area contributed by atoms with E-state index in [-0.39, 0.29) is 19.3 Å². The van der Waals surface area contributed by atoms with Crippen LogP contribution in [-0.4, -0.2) is 28.9 Å². The first kappa shape index (κ1) is 14.5. The first-order valence-electron chi connectivity index (χ1n) is 6.67. The van der Waals surface area contributed by atoms with Crippen molar-refractivity contribution in [1.29, 1.82) is 0 Å². The molecule has 1 unspecified atom stereocenters. The van der Waals surface area contributed by atoms with Crippen molar-refractivity contribution in [3.63, 3.8) is 0 Å². The molecule has 0 rings (SSSR count). The standard InChI is InChI=1S/C12H22N2O4/c1-2-3-4-5-6-11(16)14-9(12(17)18)7-8-10(13)15/h9H,2-8H2,1H3,(H2,13,15)(H,14,16)(H,17,18)/t9-/m0/s1/i5D/t5?,9-. The Bertz CT molecular complexity index is 323. The third-order valence-electron chi connectivity index (χ3n) is 2.40. The maximum atomic E-state index is 11.6. The number of aliphatic carboxylic acids is 1. The number of carboxylic acid groups (broad SMARTS) is 1. The molecule has 0 bridgehead atoms. The molecular weight excluding hydrogens is 236 g/mol. The summed E-state index contributed by atoms with van der Waals surface area (Å²) in [7, 11) is 0. The van der Waals surface area contributed by atoms with Gasteiger partial charge in [-0.1, -0.05) is 26.2 Å². The number of nitrogens with two attached hydrogens (primary N) is 1. The molecule has 4 N–H and O–H groups in total. The second kappa shape index (κ2) is 9.44. The van der Waals surface area contributed by atoms with E-state index in [0.29, 0.717) is 6.42 Å². The second-order valence-corrected chi connectivity index (χ2v) is 4.10. The molecule has 0 aromatic heterocycles. The summed E-state index contributed by atoms with van der Waals surface area (Å²) in [5.74, 6) is -2.29. The Morgan fingerprint density at radius 2 is 2.00 bits per heavy atom. The summed E-state index contributed by atoms with van der Waals surface area (Å²) in [6.07, 6.45) is 1.75. The Morgan fingerprint density at radius 1 is 1.33 bits per heavy atom.